The van der Waals surface area contributed by atoms with Crippen LogP contribution in [0.15, 0.2) is 75.6 Å². The number of benzene rings is 4. The molecule has 0 atom stereocenters. The zero-order chi connectivity index (χ0) is 14.7. The zero-order valence-electron chi connectivity index (χ0n) is 11.6. The van der Waals surface area contributed by atoms with Crippen molar-refractivity contribution in [2.45, 2.75) is 0 Å². The molecule has 0 amide bonds. The summed E-state index contributed by atoms with van der Waals surface area (Å²) >= 11 is 3.67. The number of hydrogen-bond donors (Lipinski definition) is 0. The molecule has 0 fully saturated rings. The van der Waals surface area contributed by atoms with E-state index in [1.165, 1.54) is 32.3 Å². The number of halogens is 1. The van der Waals surface area contributed by atoms with Gasteiger partial charge in [0.1, 0.15) is 11.2 Å². The minimum atomic E-state index is 0.921. The Bertz CT molecular complexity index is 1180. The number of rotatable bonds is 0. The van der Waals surface area contributed by atoms with Crippen molar-refractivity contribution in [3.8, 4) is 0 Å². The molecule has 2 heteroatoms. The van der Waals surface area contributed by atoms with Crippen molar-refractivity contribution in [1.29, 1.82) is 0 Å². The SMILES string of the molecule is Brc1cc2ccccc2c2c1oc1ccc3ccccc3c12. The van der Waals surface area contributed by atoms with Crippen LogP contribution in [0.2, 0.25) is 0 Å². The fourth-order valence-corrected chi connectivity index (χ4v) is 3.87. The zero-order valence-corrected chi connectivity index (χ0v) is 13.2. The van der Waals surface area contributed by atoms with Crippen LogP contribution in [-0.2, 0) is 0 Å². The van der Waals surface area contributed by atoms with Gasteiger partial charge in [0, 0.05) is 10.8 Å². The lowest BCUT2D eigenvalue weighted by atomic mass is 10.00. The standard InChI is InChI=1S/C20H11BrO/c21-16-11-13-6-2-4-8-15(13)19-18-14-7-3-1-5-12(14)9-10-17(18)22-20(16)19/h1-11H. The van der Waals surface area contributed by atoms with Crippen LogP contribution < -0.4 is 0 Å². The molecule has 0 spiro atoms. The minimum Gasteiger partial charge on any atom is -0.455 e. The highest BCUT2D eigenvalue weighted by Gasteiger charge is 2.15. The third-order valence-corrected chi connectivity index (χ3v) is 4.90. The number of furan rings is 1. The van der Waals surface area contributed by atoms with Crippen LogP contribution in [0.1, 0.15) is 0 Å². The molecule has 0 saturated carbocycles. The second-order valence-electron chi connectivity index (χ2n) is 5.55. The van der Waals surface area contributed by atoms with E-state index in [2.05, 4.69) is 82.7 Å². The molecule has 104 valence electrons. The lowest BCUT2D eigenvalue weighted by Gasteiger charge is -2.03. The van der Waals surface area contributed by atoms with E-state index in [0.29, 0.717) is 0 Å². The Morgan fingerprint density at radius 2 is 1.36 bits per heavy atom. The molecule has 0 radical (unpaired) electrons. The summed E-state index contributed by atoms with van der Waals surface area (Å²) in [6.45, 7) is 0. The molecule has 4 aromatic carbocycles. The lowest BCUT2D eigenvalue weighted by Crippen LogP contribution is -1.77. The van der Waals surface area contributed by atoms with Crippen molar-refractivity contribution in [3.63, 3.8) is 0 Å². The molecule has 1 aromatic heterocycles. The van der Waals surface area contributed by atoms with Crippen molar-refractivity contribution in [2.24, 2.45) is 0 Å². The summed E-state index contributed by atoms with van der Waals surface area (Å²) in [4.78, 5) is 0. The maximum absolute atomic E-state index is 6.15. The van der Waals surface area contributed by atoms with E-state index in [0.717, 1.165) is 15.6 Å². The van der Waals surface area contributed by atoms with Crippen LogP contribution in [0.5, 0.6) is 0 Å². The molecule has 5 rings (SSSR count). The number of hydrogen-bond acceptors (Lipinski definition) is 1. The molecule has 22 heavy (non-hydrogen) atoms. The maximum atomic E-state index is 6.15. The molecule has 0 N–H and O–H groups in total. The molecule has 0 bridgehead atoms. The number of fused-ring (bicyclic) bond motifs is 7. The first-order valence-corrected chi connectivity index (χ1v) is 8.03. The highest BCUT2D eigenvalue weighted by molar-refractivity contribution is 9.10. The van der Waals surface area contributed by atoms with Gasteiger partial charge >= 0.3 is 0 Å². The van der Waals surface area contributed by atoms with Crippen molar-refractivity contribution in [3.05, 3.63) is 71.2 Å². The third kappa shape index (κ3) is 1.53. The Morgan fingerprint density at radius 1 is 0.682 bits per heavy atom. The Morgan fingerprint density at radius 3 is 2.18 bits per heavy atom. The molecular weight excluding hydrogens is 336 g/mol. The predicted octanol–water partition coefficient (Wildman–Crippen LogP) is 6.65. The van der Waals surface area contributed by atoms with Crippen molar-refractivity contribution >= 4 is 59.4 Å². The molecule has 0 aliphatic rings. The molecule has 0 saturated heterocycles. The summed E-state index contributed by atoms with van der Waals surface area (Å²) in [6, 6.07) is 23.3. The predicted molar refractivity (Wildman–Crippen MR) is 96.4 cm³/mol. The summed E-state index contributed by atoms with van der Waals surface area (Å²) in [5.41, 5.74) is 1.86. The molecule has 0 aliphatic carbocycles. The second-order valence-corrected chi connectivity index (χ2v) is 6.40. The van der Waals surface area contributed by atoms with Gasteiger partial charge in [-0.05, 0) is 49.6 Å². The van der Waals surface area contributed by atoms with Gasteiger partial charge in [0.05, 0.1) is 4.47 Å². The van der Waals surface area contributed by atoms with Crippen LogP contribution in [0, 0.1) is 0 Å². The second kappa shape index (κ2) is 4.34. The molecule has 5 aromatic rings. The lowest BCUT2D eigenvalue weighted by molar-refractivity contribution is 0.667. The Kier molecular flexibility index (Phi) is 2.42. The third-order valence-electron chi connectivity index (χ3n) is 4.31. The van der Waals surface area contributed by atoms with Crippen molar-refractivity contribution in [1.82, 2.24) is 0 Å². The first-order valence-electron chi connectivity index (χ1n) is 7.24. The van der Waals surface area contributed by atoms with E-state index in [4.69, 9.17) is 4.42 Å². The van der Waals surface area contributed by atoms with Crippen LogP contribution in [-0.4, -0.2) is 0 Å². The molecule has 1 heterocycles. The molecule has 1 nitrogen and oxygen atoms in total. The highest BCUT2D eigenvalue weighted by atomic mass is 79.9. The van der Waals surface area contributed by atoms with Gasteiger partial charge in [0.2, 0.25) is 0 Å². The summed E-state index contributed by atoms with van der Waals surface area (Å²) in [5, 5.41) is 7.32. The molecule has 0 unspecified atom stereocenters. The van der Waals surface area contributed by atoms with E-state index in [9.17, 15) is 0 Å². The van der Waals surface area contributed by atoms with Gasteiger partial charge in [-0.15, -0.1) is 0 Å². The Balaban J connectivity index is 2.20. The first-order chi connectivity index (χ1) is 10.8. The van der Waals surface area contributed by atoms with Gasteiger partial charge in [-0.25, -0.2) is 0 Å². The van der Waals surface area contributed by atoms with Gasteiger partial charge in [0.15, 0.2) is 0 Å². The van der Waals surface area contributed by atoms with Gasteiger partial charge in [-0.3, -0.25) is 0 Å². The Hall–Kier alpha value is -2.32. The first kappa shape index (κ1) is 12.2. The summed E-state index contributed by atoms with van der Waals surface area (Å²) in [5.74, 6) is 0. The van der Waals surface area contributed by atoms with Crippen molar-refractivity contribution < 1.29 is 4.42 Å². The van der Waals surface area contributed by atoms with E-state index in [1.807, 2.05) is 0 Å². The van der Waals surface area contributed by atoms with E-state index >= 15 is 0 Å². The van der Waals surface area contributed by atoms with E-state index < -0.39 is 0 Å². The maximum Gasteiger partial charge on any atom is 0.150 e. The van der Waals surface area contributed by atoms with Gasteiger partial charge < -0.3 is 4.42 Å². The van der Waals surface area contributed by atoms with E-state index in [1.54, 1.807) is 0 Å². The molecular formula is C20H11BrO. The van der Waals surface area contributed by atoms with Crippen LogP contribution >= 0.6 is 15.9 Å². The summed E-state index contributed by atoms with van der Waals surface area (Å²) in [7, 11) is 0. The van der Waals surface area contributed by atoms with Crippen LogP contribution in [0.4, 0.5) is 0 Å². The quantitative estimate of drug-likeness (QED) is 0.305. The van der Waals surface area contributed by atoms with Crippen LogP contribution in [0.25, 0.3) is 43.5 Å². The minimum absolute atomic E-state index is 0.921. The fraction of sp³-hybridized carbons (Fsp3) is 0. The largest absolute Gasteiger partial charge is 0.455 e. The average molecular weight is 347 g/mol. The fourth-order valence-electron chi connectivity index (χ4n) is 3.35. The smallest absolute Gasteiger partial charge is 0.150 e. The monoisotopic (exact) mass is 346 g/mol. The summed E-state index contributed by atoms with van der Waals surface area (Å²) < 4.78 is 7.15. The topological polar surface area (TPSA) is 13.1 Å². The summed E-state index contributed by atoms with van der Waals surface area (Å²) in [6.07, 6.45) is 0. The van der Waals surface area contributed by atoms with E-state index in [-0.39, 0.29) is 0 Å². The Labute approximate surface area is 135 Å². The highest BCUT2D eigenvalue weighted by Crippen LogP contribution is 2.41. The van der Waals surface area contributed by atoms with Gasteiger partial charge in [-0.1, -0.05) is 54.6 Å². The van der Waals surface area contributed by atoms with Gasteiger partial charge in [0.25, 0.3) is 0 Å². The van der Waals surface area contributed by atoms with Crippen LogP contribution in [0.3, 0.4) is 0 Å². The molecule has 0 aliphatic heterocycles. The van der Waals surface area contributed by atoms with Crippen molar-refractivity contribution in [2.75, 3.05) is 0 Å². The normalized spacial score (nSPS) is 11.9. The average Bonchev–Trinajstić information content (AvgIpc) is 2.96. The van der Waals surface area contributed by atoms with Gasteiger partial charge in [-0.2, -0.15) is 0 Å².